The lowest BCUT2D eigenvalue weighted by molar-refractivity contribution is 0.210. The van der Waals surface area contributed by atoms with Gasteiger partial charge in [-0.25, -0.2) is 4.98 Å². The molecule has 0 aliphatic heterocycles. The minimum atomic E-state index is -0.885. The third-order valence-corrected chi connectivity index (χ3v) is 3.41. The van der Waals surface area contributed by atoms with Gasteiger partial charge in [-0.2, -0.15) is 5.10 Å². The summed E-state index contributed by atoms with van der Waals surface area (Å²) in [6, 6.07) is 17.0. The van der Waals surface area contributed by atoms with Crippen molar-refractivity contribution in [1.29, 1.82) is 0 Å². The van der Waals surface area contributed by atoms with E-state index in [0.717, 1.165) is 11.4 Å². The number of aromatic amines is 1. The number of hydrogen-bond donors (Lipinski definition) is 2. The molecule has 1 heterocycles. The molecule has 0 bridgehead atoms. The molecule has 3 aromatic rings. The minimum absolute atomic E-state index is 0.350. The van der Waals surface area contributed by atoms with Crippen molar-refractivity contribution in [3.05, 3.63) is 82.4 Å². The Balaban J connectivity index is 1.78. The molecule has 21 heavy (non-hydrogen) atoms. The number of H-pyrrole nitrogens is 1. The molecule has 3 rings (SSSR count). The van der Waals surface area contributed by atoms with Gasteiger partial charge in [0.15, 0.2) is 5.82 Å². The third kappa shape index (κ3) is 3.29. The van der Waals surface area contributed by atoms with Crippen LogP contribution >= 0.6 is 11.6 Å². The first-order valence-electron chi connectivity index (χ1n) is 6.61. The van der Waals surface area contributed by atoms with Crippen molar-refractivity contribution in [3.63, 3.8) is 0 Å². The van der Waals surface area contributed by atoms with Gasteiger partial charge in [0.05, 0.1) is 0 Å². The average Bonchev–Trinajstić information content (AvgIpc) is 2.96. The van der Waals surface area contributed by atoms with Gasteiger partial charge >= 0.3 is 0 Å². The van der Waals surface area contributed by atoms with Crippen LogP contribution in [0.25, 0.3) is 0 Å². The summed E-state index contributed by atoms with van der Waals surface area (Å²) in [6.45, 7) is 0. The highest BCUT2D eigenvalue weighted by atomic mass is 35.5. The highest BCUT2D eigenvalue weighted by Gasteiger charge is 2.16. The molecule has 0 saturated heterocycles. The summed E-state index contributed by atoms with van der Waals surface area (Å²) in [4.78, 5) is 4.35. The molecule has 0 saturated carbocycles. The molecule has 0 radical (unpaired) electrons. The maximum Gasteiger partial charge on any atom is 0.183 e. The first kappa shape index (κ1) is 13.8. The highest BCUT2D eigenvalue weighted by molar-refractivity contribution is 6.30. The van der Waals surface area contributed by atoms with Crippen LogP contribution in [0.3, 0.4) is 0 Å². The highest BCUT2D eigenvalue weighted by Crippen LogP contribution is 2.22. The summed E-state index contributed by atoms with van der Waals surface area (Å²) >= 11 is 5.93. The van der Waals surface area contributed by atoms with E-state index in [1.165, 1.54) is 0 Å². The molecule has 0 amide bonds. The van der Waals surface area contributed by atoms with Crippen LogP contribution in [0.15, 0.2) is 54.6 Å². The molecular formula is C16H14ClN3O. The maximum atomic E-state index is 10.3. The zero-order valence-corrected chi connectivity index (χ0v) is 12.0. The number of nitrogens with one attached hydrogen (secondary N) is 1. The Morgan fingerprint density at radius 3 is 2.67 bits per heavy atom. The van der Waals surface area contributed by atoms with Crippen molar-refractivity contribution in [2.45, 2.75) is 12.5 Å². The molecule has 4 nitrogen and oxygen atoms in total. The molecule has 2 N–H and O–H groups in total. The molecule has 1 aromatic heterocycles. The van der Waals surface area contributed by atoms with Gasteiger partial charge in [-0.3, -0.25) is 5.10 Å². The van der Waals surface area contributed by atoms with Gasteiger partial charge in [0.1, 0.15) is 11.9 Å². The lowest BCUT2D eigenvalue weighted by Gasteiger charge is -2.06. The smallest absolute Gasteiger partial charge is 0.183 e. The Hall–Kier alpha value is -2.17. The van der Waals surface area contributed by atoms with E-state index in [1.54, 1.807) is 24.3 Å². The Morgan fingerprint density at radius 2 is 1.90 bits per heavy atom. The van der Waals surface area contributed by atoms with Gasteiger partial charge < -0.3 is 5.11 Å². The van der Waals surface area contributed by atoms with E-state index in [4.69, 9.17) is 11.6 Å². The van der Waals surface area contributed by atoms with Gasteiger partial charge in [-0.15, -0.1) is 0 Å². The lowest BCUT2D eigenvalue weighted by atomic mass is 10.1. The standard InChI is InChI=1S/C16H14ClN3O/c17-13-8-4-7-12(10-13)15(21)16-18-14(19-20-16)9-11-5-2-1-3-6-11/h1-8,10,15,21H,9H2,(H,18,19,20)/t15-/m0/s1. The Bertz CT molecular complexity index is 727. The summed E-state index contributed by atoms with van der Waals surface area (Å²) in [6.07, 6.45) is -0.236. The van der Waals surface area contributed by atoms with E-state index >= 15 is 0 Å². The molecule has 0 aliphatic carbocycles. The van der Waals surface area contributed by atoms with Crippen LogP contribution in [0.5, 0.6) is 0 Å². The zero-order chi connectivity index (χ0) is 14.7. The molecule has 1 atom stereocenters. The van der Waals surface area contributed by atoms with E-state index in [2.05, 4.69) is 15.2 Å². The number of aromatic nitrogens is 3. The van der Waals surface area contributed by atoms with Crippen LogP contribution in [0, 0.1) is 0 Å². The molecule has 106 valence electrons. The summed E-state index contributed by atoms with van der Waals surface area (Å²) in [5, 5.41) is 17.8. The van der Waals surface area contributed by atoms with Gasteiger partial charge in [-0.1, -0.05) is 54.1 Å². The van der Waals surface area contributed by atoms with Crippen LogP contribution in [0.4, 0.5) is 0 Å². The third-order valence-electron chi connectivity index (χ3n) is 3.17. The number of benzene rings is 2. The monoisotopic (exact) mass is 299 g/mol. The molecule has 5 heteroatoms. The molecule has 2 aromatic carbocycles. The number of aliphatic hydroxyl groups is 1. The minimum Gasteiger partial charge on any atom is -0.380 e. The van der Waals surface area contributed by atoms with Crippen LogP contribution < -0.4 is 0 Å². The van der Waals surface area contributed by atoms with Crippen LogP contribution in [0.2, 0.25) is 5.02 Å². The van der Waals surface area contributed by atoms with E-state index in [9.17, 15) is 5.11 Å². The largest absolute Gasteiger partial charge is 0.380 e. The number of halogens is 1. The van der Waals surface area contributed by atoms with E-state index in [-0.39, 0.29) is 0 Å². The van der Waals surface area contributed by atoms with E-state index in [0.29, 0.717) is 22.8 Å². The van der Waals surface area contributed by atoms with Crippen molar-refractivity contribution in [1.82, 2.24) is 15.2 Å². The van der Waals surface area contributed by atoms with Crippen molar-refractivity contribution >= 4 is 11.6 Å². The van der Waals surface area contributed by atoms with Gasteiger partial charge in [0.2, 0.25) is 0 Å². The maximum absolute atomic E-state index is 10.3. The van der Waals surface area contributed by atoms with Gasteiger partial charge in [-0.05, 0) is 23.3 Å². The van der Waals surface area contributed by atoms with Crippen LogP contribution in [-0.2, 0) is 6.42 Å². The number of hydrogen-bond acceptors (Lipinski definition) is 3. The normalized spacial score (nSPS) is 12.3. The fourth-order valence-corrected chi connectivity index (χ4v) is 2.33. The van der Waals surface area contributed by atoms with E-state index < -0.39 is 6.10 Å². The average molecular weight is 300 g/mol. The summed E-state index contributed by atoms with van der Waals surface area (Å²) < 4.78 is 0. The number of aliphatic hydroxyl groups excluding tert-OH is 1. The van der Waals surface area contributed by atoms with Crippen molar-refractivity contribution in [2.24, 2.45) is 0 Å². The zero-order valence-electron chi connectivity index (χ0n) is 11.2. The summed E-state index contributed by atoms with van der Waals surface area (Å²) in [5.41, 5.74) is 1.81. The molecule has 0 aliphatic rings. The Labute approximate surface area is 127 Å². The van der Waals surface area contributed by atoms with Crippen LogP contribution in [0.1, 0.15) is 28.9 Å². The van der Waals surface area contributed by atoms with Crippen molar-refractivity contribution < 1.29 is 5.11 Å². The van der Waals surface area contributed by atoms with Gasteiger partial charge in [0.25, 0.3) is 0 Å². The second-order valence-electron chi connectivity index (χ2n) is 4.76. The number of rotatable bonds is 4. The van der Waals surface area contributed by atoms with E-state index in [1.807, 2.05) is 30.3 Å². The van der Waals surface area contributed by atoms with Crippen molar-refractivity contribution in [2.75, 3.05) is 0 Å². The van der Waals surface area contributed by atoms with Gasteiger partial charge in [0, 0.05) is 11.4 Å². The quantitative estimate of drug-likeness (QED) is 0.778. The number of nitrogens with zero attached hydrogens (tertiary/aromatic N) is 2. The second-order valence-corrected chi connectivity index (χ2v) is 5.20. The molecular weight excluding hydrogens is 286 g/mol. The summed E-state index contributed by atoms with van der Waals surface area (Å²) in [7, 11) is 0. The molecule has 0 spiro atoms. The second kappa shape index (κ2) is 6.08. The Morgan fingerprint density at radius 1 is 1.10 bits per heavy atom. The lowest BCUT2D eigenvalue weighted by Crippen LogP contribution is -2.02. The molecule has 0 fully saturated rings. The first-order chi connectivity index (χ1) is 10.2. The SMILES string of the molecule is O[C@@H](c1cccc(Cl)c1)c1n[nH]c(Cc2ccccc2)n1. The fraction of sp³-hybridized carbons (Fsp3) is 0.125. The Kier molecular flexibility index (Phi) is 3.99. The predicted molar refractivity (Wildman–Crippen MR) is 81.1 cm³/mol. The fourth-order valence-electron chi connectivity index (χ4n) is 2.13. The van der Waals surface area contributed by atoms with Crippen LogP contribution in [-0.4, -0.2) is 20.3 Å². The first-order valence-corrected chi connectivity index (χ1v) is 6.99. The van der Waals surface area contributed by atoms with Crippen molar-refractivity contribution in [3.8, 4) is 0 Å². The predicted octanol–water partition coefficient (Wildman–Crippen LogP) is 3.13. The topological polar surface area (TPSA) is 61.8 Å². The summed E-state index contributed by atoms with van der Waals surface area (Å²) in [5.74, 6) is 1.07. The molecule has 0 unspecified atom stereocenters.